The molecule has 1 rings (SSSR count). The van der Waals surface area contributed by atoms with Crippen molar-refractivity contribution in [3.05, 3.63) is 35.9 Å². The molecule has 0 heterocycles. The minimum Gasteiger partial charge on any atom is -0.389 e. The van der Waals surface area contributed by atoms with Crippen LogP contribution in [0.4, 0.5) is 0 Å². The van der Waals surface area contributed by atoms with Crippen LogP contribution in [0, 0.1) is 0 Å². The Kier molecular flexibility index (Phi) is 9.33. The molecule has 1 aromatic rings. The fourth-order valence-electron chi connectivity index (χ4n) is 1.89. The van der Waals surface area contributed by atoms with E-state index in [9.17, 15) is 5.11 Å². The third kappa shape index (κ3) is 8.76. The molecule has 0 fully saturated rings. The second kappa shape index (κ2) is 11.0. The van der Waals surface area contributed by atoms with Gasteiger partial charge in [-0.05, 0) is 12.0 Å². The summed E-state index contributed by atoms with van der Waals surface area (Å²) >= 11 is 0. The molecule has 0 amide bonds. The van der Waals surface area contributed by atoms with Crippen molar-refractivity contribution in [2.45, 2.75) is 45.3 Å². The van der Waals surface area contributed by atoms with Crippen molar-refractivity contribution in [1.29, 1.82) is 0 Å². The van der Waals surface area contributed by atoms with E-state index in [0.29, 0.717) is 13.2 Å². The van der Waals surface area contributed by atoms with E-state index in [0.717, 1.165) is 19.6 Å². The molecule has 0 aliphatic heterocycles. The molecule has 0 bridgehead atoms. The molecule has 2 N–H and O–H groups in total. The Balaban J connectivity index is 1.94. The maximum atomic E-state index is 9.74. The fraction of sp³-hybridized carbons (Fsp3) is 0.625. The topological polar surface area (TPSA) is 41.5 Å². The second-order valence-electron chi connectivity index (χ2n) is 4.91. The number of hydrogen-bond donors (Lipinski definition) is 2. The minimum absolute atomic E-state index is 0.421. The van der Waals surface area contributed by atoms with E-state index in [1.807, 2.05) is 18.2 Å². The lowest BCUT2D eigenvalue weighted by atomic mass is 10.2. The van der Waals surface area contributed by atoms with Crippen LogP contribution in [0.2, 0.25) is 0 Å². The number of benzene rings is 1. The van der Waals surface area contributed by atoms with Gasteiger partial charge in [0.1, 0.15) is 0 Å². The Bertz CT molecular complexity index is 303. The zero-order valence-electron chi connectivity index (χ0n) is 12.0. The Morgan fingerprint density at radius 1 is 1.16 bits per heavy atom. The first-order valence-electron chi connectivity index (χ1n) is 7.33. The van der Waals surface area contributed by atoms with Gasteiger partial charge in [-0.25, -0.2) is 0 Å². The molecular weight excluding hydrogens is 238 g/mol. The zero-order valence-corrected chi connectivity index (χ0v) is 12.0. The summed E-state index contributed by atoms with van der Waals surface area (Å²) in [6.45, 7) is 4.74. The van der Waals surface area contributed by atoms with Crippen molar-refractivity contribution in [2.75, 3.05) is 19.8 Å². The van der Waals surface area contributed by atoms with Gasteiger partial charge in [-0.3, -0.25) is 0 Å². The molecular formula is C16H27NO2. The van der Waals surface area contributed by atoms with E-state index >= 15 is 0 Å². The minimum atomic E-state index is -0.421. The Hall–Kier alpha value is -0.900. The predicted octanol–water partition coefficient (Wildman–Crippen LogP) is 2.73. The highest BCUT2D eigenvalue weighted by Crippen LogP contribution is 2.00. The van der Waals surface area contributed by atoms with Crippen LogP contribution in [0.15, 0.2) is 30.3 Å². The van der Waals surface area contributed by atoms with E-state index in [1.54, 1.807) is 0 Å². The highest BCUT2D eigenvalue weighted by molar-refractivity contribution is 5.14. The molecule has 0 saturated carbocycles. The van der Waals surface area contributed by atoms with E-state index in [1.165, 1.54) is 24.8 Å². The monoisotopic (exact) mass is 265 g/mol. The van der Waals surface area contributed by atoms with Crippen molar-refractivity contribution < 1.29 is 9.84 Å². The van der Waals surface area contributed by atoms with Crippen LogP contribution in [-0.4, -0.2) is 31.0 Å². The van der Waals surface area contributed by atoms with Gasteiger partial charge >= 0.3 is 0 Å². The van der Waals surface area contributed by atoms with Crippen LogP contribution in [0.1, 0.15) is 38.2 Å². The summed E-state index contributed by atoms with van der Waals surface area (Å²) in [5, 5.41) is 13.0. The van der Waals surface area contributed by atoms with Gasteiger partial charge in [0.2, 0.25) is 0 Å². The largest absolute Gasteiger partial charge is 0.389 e. The van der Waals surface area contributed by atoms with Gasteiger partial charge in [-0.2, -0.15) is 0 Å². The smallest absolute Gasteiger partial charge is 0.0897 e. The van der Waals surface area contributed by atoms with Gasteiger partial charge in [0, 0.05) is 19.7 Å². The number of aliphatic hydroxyl groups is 1. The van der Waals surface area contributed by atoms with Crippen LogP contribution in [-0.2, 0) is 11.3 Å². The first-order valence-corrected chi connectivity index (χ1v) is 7.33. The molecule has 1 atom stereocenters. The Morgan fingerprint density at radius 3 is 2.68 bits per heavy atom. The van der Waals surface area contributed by atoms with Crippen LogP contribution in [0.3, 0.4) is 0 Å². The number of aliphatic hydroxyl groups excluding tert-OH is 1. The van der Waals surface area contributed by atoms with E-state index in [2.05, 4.69) is 24.4 Å². The molecule has 1 unspecified atom stereocenters. The number of hydrogen-bond acceptors (Lipinski definition) is 3. The average molecular weight is 265 g/mol. The molecule has 3 nitrogen and oxygen atoms in total. The lowest BCUT2D eigenvalue weighted by molar-refractivity contribution is 0.0353. The van der Waals surface area contributed by atoms with Gasteiger partial charge in [-0.1, -0.05) is 56.5 Å². The maximum Gasteiger partial charge on any atom is 0.0897 e. The Labute approximate surface area is 117 Å². The molecule has 108 valence electrons. The maximum absolute atomic E-state index is 9.74. The van der Waals surface area contributed by atoms with Gasteiger partial charge < -0.3 is 15.2 Å². The summed E-state index contributed by atoms with van der Waals surface area (Å²) in [5.74, 6) is 0. The van der Waals surface area contributed by atoms with Crippen LogP contribution < -0.4 is 5.32 Å². The van der Waals surface area contributed by atoms with Gasteiger partial charge in [0.25, 0.3) is 0 Å². The normalized spacial score (nSPS) is 12.5. The molecule has 0 spiro atoms. The molecule has 0 aliphatic carbocycles. The molecule has 0 aromatic heterocycles. The highest BCUT2D eigenvalue weighted by atomic mass is 16.5. The molecule has 19 heavy (non-hydrogen) atoms. The van der Waals surface area contributed by atoms with Crippen LogP contribution >= 0.6 is 0 Å². The number of unbranched alkanes of at least 4 members (excludes halogenated alkanes) is 3. The highest BCUT2D eigenvalue weighted by Gasteiger charge is 2.03. The molecule has 0 radical (unpaired) electrons. The quantitative estimate of drug-likeness (QED) is 0.605. The number of rotatable bonds is 11. The third-order valence-electron chi connectivity index (χ3n) is 3.00. The molecule has 0 saturated heterocycles. The first kappa shape index (κ1) is 16.2. The van der Waals surface area contributed by atoms with Crippen LogP contribution in [0.25, 0.3) is 0 Å². The van der Waals surface area contributed by atoms with Crippen molar-refractivity contribution >= 4 is 0 Å². The third-order valence-corrected chi connectivity index (χ3v) is 3.00. The van der Waals surface area contributed by atoms with Crippen molar-refractivity contribution in [1.82, 2.24) is 5.32 Å². The average Bonchev–Trinajstić information content (AvgIpc) is 2.44. The second-order valence-corrected chi connectivity index (χ2v) is 4.91. The zero-order chi connectivity index (χ0) is 13.8. The van der Waals surface area contributed by atoms with E-state index in [4.69, 9.17) is 4.74 Å². The molecule has 0 aliphatic rings. The SMILES string of the molecule is CCCCCCOCC(O)CNCc1ccccc1. The lowest BCUT2D eigenvalue weighted by Crippen LogP contribution is -2.30. The number of nitrogens with one attached hydrogen (secondary N) is 1. The number of ether oxygens (including phenoxy) is 1. The molecule has 1 aromatic carbocycles. The summed E-state index contributed by atoms with van der Waals surface area (Å²) in [6, 6.07) is 10.2. The first-order chi connectivity index (χ1) is 9.33. The lowest BCUT2D eigenvalue weighted by Gasteiger charge is -2.12. The van der Waals surface area contributed by atoms with Gasteiger partial charge in [-0.15, -0.1) is 0 Å². The molecule has 3 heteroatoms. The summed E-state index contributed by atoms with van der Waals surface area (Å²) in [7, 11) is 0. The summed E-state index contributed by atoms with van der Waals surface area (Å²) < 4.78 is 5.45. The van der Waals surface area contributed by atoms with E-state index < -0.39 is 6.10 Å². The predicted molar refractivity (Wildman–Crippen MR) is 79.1 cm³/mol. The standard InChI is InChI=1S/C16H27NO2/c1-2-3-4-8-11-19-14-16(18)13-17-12-15-9-6-5-7-10-15/h5-7,9-10,16-18H,2-4,8,11-14H2,1H3. The summed E-state index contributed by atoms with van der Waals surface area (Å²) in [4.78, 5) is 0. The summed E-state index contributed by atoms with van der Waals surface area (Å²) in [5.41, 5.74) is 1.23. The fourth-order valence-corrected chi connectivity index (χ4v) is 1.89. The van der Waals surface area contributed by atoms with Crippen molar-refractivity contribution in [3.8, 4) is 0 Å². The van der Waals surface area contributed by atoms with Gasteiger partial charge in [0.15, 0.2) is 0 Å². The summed E-state index contributed by atoms with van der Waals surface area (Å²) in [6.07, 6.45) is 4.41. The van der Waals surface area contributed by atoms with Crippen molar-refractivity contribution in [3.63, 3.8) is 0 Å². The van der Waals surface area contributed by atoms with Crippen LogP contribution in [0.5, 0.6) is 0 Å². The Morgan fingerprint density at radius 2 is 1.95 bits per heavy atom. The van der Waals surface area contributed by atoms with E-state index in [-0.39, 0.29) is 0 Å². The van der Waals surface area contributed by atoms with Crippen molar-refractivity contribution in [2.24, 2.45) is 0 Å². The van der Waals surface area contributed by atoms with Gasteiger partial charge in [0.05, 0.1) is 12.7 Å².